The molecule has 0 spiro atoms. The van der Waals surface area contributed by atoms with Gasteiger partial charge < -0.3 is 9.16 Å². The summed E-state index contributed by atoms with van der Waals surface area (Å²) in [5.41, 5.74) is 0.356. The molecule has 0 aliphatic carbocycles. The minimum absolute atomic E-state index is 0.356. The van der Waals surface area contributed by atoms with Crippen LogP contribution in [-0.2, 0) is 14.0 Å². The SMILES string of the molecule is CC=C(C)C(=O)OC(=O)O[Si](c1ccccc1)(c1ccccc1)C(C)(C)C. The Morgan fingerprint density at radius 3 is 1.70 bits per heavy atom. The molecule has 2 aromatic carbocycles. The van der Waals surface area contributed by atoms with Crippen LogP contribution in [0.2, 0.25) is 5.04 Å². The van der Waals surface area contributed by atoms with E-state index < -0.39 is 20.4 Å². The quantitative estimate of drug-likeness (QED) is 0.344. The minimum atomic E-state index is -3.07. The molecule has 0 saturated heterocycles. The molecule has 0 radical (unpaired) electrons. The van der Waals surface area contributed by atoms with Gasteiger partial charge in [0, 0.05) is 10.6 Å². The Kier molecular flexibility index (Phi) is 6.39. The summed E-state index contributed by atoms with van der Waals surface area (Å²) in [6, 6.07) is 19.4. The van der Waals surface area contributed by atoms with Crippen LogP contribution in [0.3, 0.4) is 0 Å². The van der Waals surface area contributed by atoms with Gasteiger partial charge in [0.15, 0.2) is 0 Å². The number of carbonyl (C=O) groups is 2. The Hall–Kier alpha value is -2.66. The van der Waals surface area contributed by atoms with E-state index in [1.807, 2.05) is 81.4 Å². The Bertz CT molecular complexity index is 781. The van der Waals surface area contributed by atoms with Gasteiger partial charge >= 0.3 is 20.4 Å². The zero-order valence-electron chi connectivity index (χ0n) is 16.5. The molecule has 5 heteroatoms. The number of ether oxygens (including phenoxy) is 1. The lowest BCUT2D eigenvalue weighted by atomic mass is 10.2. The van der Waals surface area contributed by atoms with E-state index in [9.17, 15) is 9.59 Å². The van der Waals surface area contributed by atoms with Gasteiger partial charge in [-0.3, -0.25) is 0 Å². The van der Waals surface area contributed by atoms with Crippen LogP contribution in [0.4, 0.5) is 4.79 Å². The number of rotatable bonds is 4. The standard InChI is InChI=1S/C22H26O4Si/c1-6-17(2)20(23)25-21(24)26-27(22(3,4)5,18-13-9-7-10-14-18)19-15-11-8-12-16-19/h6-16H,1-5H3. The molecule has 2 rings (SSSR count). The van der Waals surface area contributed by atoms with Crippen molar-refractivity contribution in [1.82, 2.24) is 0 Å². The summed E-state index contributed by atoms with van der Waals surface area (Å²) in [4.78, 5) is 24.6. The number of benzene rings is 2. The first-order valence-electron chi connectivity index (χ1n) is 8.91. The molecule has 0 aliphatic heterocycles. The molecule has 0 atom stereocenters. The van der Waals surface area contributed by atoms with Crippen molar-refractivity contribution in [3.05, 3.63) is 72.3 Å². The maximum atomic E-state index is 12.6. The van der Waals surface area contributed by atoms with Crippen molar-refractivity contribution in [3.8, 4) is 0 Å². The number of hydrogen-bond acceptors (Lipinski definition) is 4. The predicted octanol–water partition coefficient (Wildman–Crippen LogP) is 4.19. The van der Waals surface area contributed by atoms with Crippen molar-refractivity contribution in [2.24, 2.45) is 0 Å². The van der Waals surface area contributed by atoms with Gasteiger partial charge in [-0.2, -0.15) is 0 Å². The summed E-state index contributed by atoms with van der Waals surface area (Å²) in [6.07, 6.45) is 0.633. The maximum Gasteiger partial charge on any atom is 0.503 e. The second-order valence-electron chi connectivity index (χ2n) is 7.38. The fourth-order valence-corrected chi connectivity index (χ4v) is 7.29. The molecule has 4 nitrogen and oxygen atoms in total. The number of hydrogen-bond donors (Lipinski definition) is 0. The highest BCUT2D eigenvalue weighted by Gasteiger charge is 2.53. The fraction of sp³-hybridized carbons (Fsp3) is 0.273. The normalized spacial score (nSPS) is 12.4. The summed E-state index contributed by atoms with van der Waals surface area (Å²) in [7, 11) is -3.07. The smallest absolute Gasteiger partial charge is 0.479 e. The first kappa shape index (κ1) is 20.6. The lowest BCUT2D eigenvalue weighted by Crippen LogP contribution is -2.67. The van der Waals surface area contributed by atoms with Crippen molar-refractivity contribution in [2.75, 3.05) is 0 Å². The second-order valence-corrected chi connectivity index (χ2v) is 11.6. The summed E-state index contributed by atoms with van der Waals surface area (Å²) in [6.45, 7) is 9.45. The van der Waals surface area contributed by atoms with Gasteiger partial charge in [-0.15, -0.1) is 0 Å². The van der Waals surface area contributed by atoms with E-state index in [-0.39, 0.29) is 5.04 Å². The molecule has 0 saturated carbocycles. The lowest BCUT2D eigenvalue weighted by molar-refractivity contribution is -0.134. The van der Waals surface area contributed by atoms with Gasteiger partial charge in [0.1, 0.15) is 0 Å². The van der Waals surface area contributed by atoms with Crippen LogP contribution in [0, 0.1) is 0 Å². The number of carbonyl (C=O) groups excluding carboxylic acids is 2. The van der Waals surface area contributed by atoms with E-state index in [4.69, 9.17) is 9.16 Å². The molecule has 0 bridgehead atoms. The molecular formula is C22H26O4Si. The molecule has 2 aromatic rings. The molecule has 142 valence electrons. The summed E-state index contributed by atoms with van der Waals surface area (Å²) in [5.74, 6) is -0.694. The van der Waals surface area contributed by atoms with E-state index in [1.54, 1.807) is 19.9 Å². The third kappa shape index (κ3) is 4.36. The van der Waals surface area contributed by atoms with Crippen LogP contribution in [0.15, 0.2) is 72.3 Å². The van der Waals surface area contributed by atoms with Crippen LogP contribution < -0.4 is 10.4 Å². The van der Waals surface area contributed by atoms with Gasteiger partial charge in [0.2, 0.25) is 0 Å². The molecule has 0 fully saturated rings. The van der Waals surface area contributed by atoms with E-state index in [0.717, 1.165) is 10.4 Å². The zero-order valence-corrected chi connectivity index (χ0v) is 17.5. The van der Waals surface area contributed by atoms with Gasteiger partial charge in [-0.05, 0) is 24.2 Å². The van der Waals surface area contributed by atoms with E-state index >= 15 is 0 Å². The first-order valence-corrected chi connectivity index (χ1v) is 10.8. The average Bonchev–Trinajstić information content (AvgIpc) is 2.65. The lowest BCUT2D eigenvalue weighted by Gasteiger charge is -2.41. The van der Waals surface area contributed by atoms with E-state index in [1.165, 1.54) is 0 Å². The third-order valence-corrected chi connectivity index (χ3v) is 9.46. The maximum absolute atomic E-state index is 12.6. The van der Waals surface area contributed by atoms with Gasteiger partial charge in [-0.25, -0.2) is 9.59 Å². The third-order valence-electron chi connectivity index (χ3n) is 4.58. The summed E-state index contributed by atoms with van der Waals surface area (Å²) < 4.78 is 11.0. The highest BCUT2D eigenvalue weighted by atomic mass is 28.4. The average molecular weight is 383 g/mol. The van der Waals surface area contributed by atoms with Crippen LogP contribution in [0.5, 0.6) is 0 Å². The zero-order chi connectivity index (χ0) is 20.1. The summed E-state index contributed by atoms with van der Waals surface area (Å²) in [5, 5.41) is 1.50. The molecule has 0 aliphatic rings. The van der Waals surface area contributed by atoms with Crippen LogP contribution >= 0.6 is 0 Å². The van der Waals surface area contributed by atoms with Crippen molar-refractivity contribution >= 4 is 30.8 Å². The van der Waals surface area contributed by atoms with Gasteiger partial charge in [-0.1, -0.05) is 87.5 Å². The second kappa shape index (κ2) is 8.35. The van der Waals surface area contributed by atoms with Crippen molar-refractivity contribution in [1.29, 1.82) is 0 Å². The number of esters is 1. The van der Waals surface area contributed by atoms with E-state index in [0.29, 0.717) is 5.57 Å². The van der Waals surface area contributed by atoms with E-state index in [2.05, 4.69) is 0 Å². The molecule has 0 amide bonds. The molecule has 27 heavy (non-hydrogen) atoms. The number of allylic oxidation sites excluding steroid dienone is 1. The van der Waals surface area contributed by atoms with Crippen molar-refractivity contribution < 1.29 is 18.8 Å². The van der Waals surface area contributed by atoms with Gasteiger partial charge in [0.25, 0.3) is 0 Å². The van der Waals surface area contributed by atoms with Crippen LogP contribution in [0.1, 0.15) is 34.6 Å². The molecular weight excluding hydrogens is 356 g/mol. The fourth-order valence-electron chi connectivity index (χ4n) is 3.07. The predicted molar refractivity (Wildman–Crippen MR) is 110 cm³/mol. The molecule has 0 aromatic heterocycles. The Labute approximate surface area is 162 Å². The Morgan fingerprint density at radius 2 is 1.33 bits per heavy atom. The van der Waals surface area contributed by atoms with Gasteiger partial charge in [0.05, 0.1) is 0 Å². The highest BCUT2D eigenvalue weighted by molar-refractivity contribution is 7.00. The van der Waals surface area contributed by atoms with Crippen LogP contribution in [-0.4, -0.2) is 20.4 Å². The molecule has 0 unspecified atom stereocenters. The molecule has 0 N–H and O–H groups in total. The Morgan fingerprint density at radius 1 is 0.889 bits per heavy atom. The van der Waals surface area contributed by atoms with Crippen LogP contribution in [0.25, 0.3) is 0 Å². The molecule has 0 heterocycles. The van der Waals surface area contributed by atoms with Crippen molar-refractivity contribution in [2.45, 2.75) is 39.7 Å². The van der Waals surface area contributed by atoms with Crippen molar-refractivity contribution in [3.63, 3.8) is 0 Å². The Balaban J connectivity index is 2.56. The largest absolute Gasteiger partial charge is 0.503 e. The highest BCUT2D eigenvalue weighted by Crippen LogP contribution is 2.37. The topological polar surface area (TPSA) is 52.6 Å². The monoisotopic (exact) mass is 382 g/mol. The first-order chi connectivity index (χ1) is 12.7. The summed E-state index contributed by atoms with van der Waals surface area (Å²) >= 11 is 0. The minimum Gasteiger partial charge on any atom is -0.479 e.